The largest absolute Gasteiger partial charge is 0.330 e. The molecule has 0 radical (unpaired) electrons. The van der Waals surface area contributed by atoms with Crippen molar-refractivity contribution >= 4 is 0 Å². The van der Waals surface area contributed by atoms with Gasteiger partial charge in [-0.1, -0.05) is 24.0 Å². The molecule has 0 aliphatic carbocycles. The summed E-state index contributed by atoms with van der Waals surface area (Å²) in [4.78, 5) is 0. The average Bonchev–Trinajstić information content (AvgIpc) is 2.21. The maximum atomic E-state index is 5.35. The second kappa shape index (κ2) is 6.20. The second-order valence-electron chi connectivity index (χ2n) is 3.07. The molecule has 1 rings (SSSR count). The summed E-state index contributed by atoms with van der Waals surface area (Å²) in [6.07, 6.45) is 0.762. The van der Waals surface area contributed by atoms with Gasteiger partial charge in [0.15, 0.2) is 0 Å². The molecule has 0 amide bonds. The van der Waals surface area contributed by atoms with E-state index in [2.05, 4.69) is 29.3 Å². The number of hydrogen-bond acceptors (Lipinski definition) is 2. The zero-order chi connectivity index (χ0) is 10.2. The van der Waals surface area contributed by atoms with Crippen LogP contribution in [0, 0.1) is 11.8 Å². The molecule has 0 fully saturated rings. The molecule has 1 aromatic rings. The number of benzene rings is 1. The SMILES string of the molecule is CNCc1ccc(C#CCCN)cc1. The third-order valence-electron chi connectivity index (χ3n) is 1.84. The van der Waals surface area contributed by atoms with Gasteiger partial charge in [0.25, 0.3) is 0 Å². The van der Waals surface area contributed by atoms with Crippen molar-refractivity contribution in [3.8, 4) is 11.8 Å². The Kier molecular flexibility index (Phi) is 4.77. The molecular weight excluding hydrogens is 172 g/mol. The van der Waals surface area contributed by atoms with Crippen molar-refractivity contribution in [3.63, 3.8) is 0 Å². The van der Waals surface area contributed by atoms with Crippen LogP contribution in [0.1, 0.15) is 17.5 Å². The lowest BCUT2D eigenvalue weighted by Crippen LogP contribution is -2.04. The van der Waals surface area contributed by atoms with Gasteiger partial charge in [-0.2, -0.15) is 0 Å². The number of hydrogen-bond donors (Lipinski definition) is 2. The van der Waals surface area contributed by atoms with Gasteiger partial charge < -0.3 is 11.1 Å². The fourth-order valence-corrected chi connectivity index (χ4v) is 1.15. The molecule has 0 aliphatic rings. The van der Waals surface area contributed by atoms with E-state index in [9.17, 15) is 0 Å². The Bertz CT molecular complexity index is 316. The van der Waals surface area contributed by atoms with Crippen LogP contribution in [-0.4, -0.2) is 13.6 Å². The summed E-state index contributed by atoms with van der Waals surface area (Å²) in [6, 6.07) is 8.25. The van der Waals surface area contributed by atoms with Crippen LogP contribution < -0.4 is 11.1 Å². The standard InChI is InChI=1S/C12H16N2/c1-14-10-12-7-5-11(6-8-12)4-2-3-9-13/h5-8,14H,3,9-10,13H2,1H3. The van der Waals surface area contributed by atoms with E-state index in [0.717, 1.165) is 18.5 Å². The zero-order valence-electron chi connectivity index (χ0n) is 8.51. The van der Waals surface area contributed by atoms with E-state index in [4.69, 9.17) is 5.73 Å². The molecule has 0 atom stereocenters. The number of nitrogens with one attached hydrogen (secondary N) is 1. The Hall–Kier alpha value is -1.30. The minimum Gasteiger partial charge on any atom is -0.330 e. The summed E-state index contributed by atoms with van der Waals surface area (Å²) in [6.45, 7) is 1.53. The molecule has 1 aromatic carbocycles. The molecule has 0 spiro atoms. The van der Waals surface area contributed by atoms with Crippen molar-refractivity contribution < 1.29 is 0 Å². The second-order valence-corrected chi connectivity index (χ2v) is 3.07. The molecule has 0 aromatic heterocycles. The van der Waals surface area contributed by atoms with Gasteiger partial charge in [0.1, 0.15) is 0 Å². The maximum Gasteiger partial charge on any atom is 0.0245 e. The topological polar surface area (TPSA) is 38.0 Å². The summed E-state index contributed by atoms with van der Waals surface area (Å²) in [5.41, 5.74) is 7.67. The van der Waals surface area contributed by atoms with E-state index in [-0.39, 0.29) is 0 Å². The van der Waals surface area contributed by atoms with Crippen molar-refractivity contribution in [2.75, 3.05) is 13.6 Å². The van der Waals surface area contributed by atoms with Crippen molar-refractivity contribution in [3.05, 3.63) is 35.4 Å². The van der Waals surface area contributed by atoms with Crippen molar-refractivity contribution in [2.45, 2.75) is 13.0 Å². The summed E-state index contributed by atoms with van der Waals surface area (Å²) >= 11 is 0. The molecule has 2 nitrogen and oxygen atoms in total. The molecule has 74 valence electrons. The quantitative estimate of drug-likeness (QED) is 0.697. The van der Waals surface area contributed by atoms with Gasteiger partial charge in [-0.15, -0.1) is 0 Å². The van der Waals surface area contributed by atoms with E-state index >= 15 is 0 Å². The third-order valence-corrected chi connectivity index (χ3v) is 1.84. The molecule has 0 aliphatic heterocycles. The molecule has 0 heterocycles. The van der Waals surface area contributed by atoms with E-state index in [1.165, 1.54) is 5.56 Å². The van der Waals surface area contributed by atoms with E-state index in [0.29, 0.717) is 6.54 Å². The highest BCUT2D eigenvalue weighted by atomic mass is 14.8. The molecule has 14 heavy (non-hydrogen) atoms. The van der Waals surface area contributed by atoms with Gasteiger partial charge in [-0.25, -0.2) is 0 Å². The van der Waals surface area contributed by atoms with Gasteiger partial charge in [0.2, 0.25) is 0 Å². The van der Waals surface area contributed by atoms with Gasteiger partial charge in [0.05, 0.1) is 0 Å². The molecule has 0 saturated heterocycles. The lowest BCUT2D eigenvalue weighted by atomic mass is 10.1. The van der Waals surface area contributed by atoms with Crippen LogP contribution in [0.25, 0.3) is 0 Å². The first-order valence-electron chi connectivity index (χ1n) is 4.79. The highest BCUT2D eigenvalue weighted by Gasteiger charge is 1.89. The van der Waals surface area contributed by atoms with E-state index in [1.807, 2.05) is 19.2 Å². The lowest BCUT2D eigenvalue weighted by molar-refractivity contribution is 0.818. The highest BCUT2D eigenvalue weighted by Crippen LogP contribution is 2.02. The molecule has 0 unspecified atom stereocenters. The van der Waals surface area contributed by atoms with Crippen LogP contribution in [0.15, 0.2) is 24.3 Å². The third kappa shape index (κ3) is 3.61. The Morgan fingerprint density at radius 3 is 2.57 bits per heavy atom. The van der Waals surface area contributed by atoms with Gasteiger partial charge in [0, 0.05) is 25.1 Å². The normalized spacial score (nSPS) is 9.29. The fraction of sp³-hybridized carbons (Fsp3) is 0.333. The summed E-state index contributed by atoms with van der Waals surface area (Å²) < 4.78 is 0. The fourth-order valence-electron chi connectivity index (χ4n) is 1.15. The van der Waals surface area contributed by atoms with Gasteiger partial charge in [-0.3, -0.25) is 0 Å². The summed E-state index contributed by atoms with van der Waals surface area (Å²) in [5, 5.41) is 3.10. The van der Waals surface area contributed by atoms with E-state index in [1.54, 1.807) is 0 Å². The Balaban J connectivity index is 2.60. The predicted octanol–water partition coefficient (Wildman–Crippen LogP) is 1.11. The van der Waals surface area contributed by atoms with Crippen molar-refractivity contribution in [1.29, 1.82) is 0 Å². The average molecular weight is 188 g/mol. The predicted molar refractivity (Wildman–Crippen MR) is 59.8 cm³/mol. The van der Waals surface area contributed by atoms with Crippen LogP contribution in [-0.2, 0) is 6.54 Å². The van der Waals surface area contributed by atoms with Crippen LogP contribution in [0.5, 0.6) is 0 Å². The maximum absolute atomic E-state index is 5.35. The smallest absolute Gasteiger partial charge is 0.0245 e. The lowest BCUT2D eigenvalue weighted by Gasteiger charge is -1.98. The van der Waals surface area contributed by atoms with Crippen LogP contribution in [0.4, 0.5) is 0 Å². The molecule has 2 heteroatoms. The van der Waals surface area contributed by atoms with Crippen molar-refractivity contribution in [1.82, 2.24) is 5.32 Å². The minimum atomic E-state index is 0.630. The molecular formula is C12H16N2. The molecule has 0 bridgehead atoms. The highest BCUT2D eigenvalue weighted by molar-refractivity contribution is 5.36. The van der Waals surface area contributed by atoms with E-state index < -0.39 is 0 Å². The first kappa shape index (κ1) is 10.8. The van der Waals surface area contributed by atoms with Crippen LogP contribution in [0.3, 0.4) is 0 Å². The summed E-state index contributed by atoms with van der Waals surface area (Å²) in [7, 11) is 1.94. The Morgan fingerprint density at radius 1 is 1.29 bits per heavy atom. The molecule has 0 saturated carbocycles. The van der Waals surface area contributed by atoms with Crippen LogP contribution >= 0.6 is 0 Å². The monoisotopic (exact) mass is 188 g/mol. The van der Waals surface area contributed by atoms with Gasteiger partial charge in [-0.05, 0) is 24.7 Å². The molecule has 3 N–H and O–H groups in total. The minimum absolute atomic E-state index is 0.630. The first-order chi connectivity index (χ1) is 6.86. The first-order valence-corrected chi connectivity index (χ1v) is 4.79. The summed E-state index contributed by atoms with van der Waals surface area (Å²) in [5.74, 6) is 6.08. The van der Waals surface area contributed by atoms with Crippen molar-refractivity contribution in [2.24, 2.45) is 5.73 Å². The zero-order valence-corrected chi connectivity index (χ0v) is 8.51. The number of rotatable bonds is 3. The van der Waals surface area contributed by atoms with Crippen LogP contribution in [0.2, 0.25) is 0 Å². The number of nitrogens with two attached hydrogens (primary N) is 1. The Labute approximate surface area is 85.5 Å². The van der Waals surface area contributed by atoms with Gasteiger partial charge >= 0.3 is 0 Å². The Morgan fingerprint density at radius 2 is 2.00 bits per heavy atom.